The van der Waals surface area contributed by atoms with Crippen molar-refractivity contribution in [3.63, 3.8) is 0 Å². The number of hydrogen-bond donors (Lipinski definition) is 1. The molecule has 0 aliphatic carbocycles. The van der Waals surface area contributed by atoms with E-state index >= 15 is 0 Å². The van der Waals surface area contributed by atoms with Crippen molar-refractivity contribution in [2.45, 2.75) is 46.1 Å². The van der Waals surface area contributed by atoms with Crippen molar-refractivity contribution in [1.82, 2.24) is 10.2 Å². The summed E-state index contributed by atoms with van der Waals surface area (Å²) in [6.45, 7) is 5.94. The molecule has 0 radical (unpaired) electrons. The van der Waals surface area contributed by atoms with Gasteiger partial charge in [-0.2, -0.15) is 0 Å². The van der Waals surface area contributed by atoms with Crippen molar-refractivity contribution in [3.05, 3.63) is 22.7 Å². The smallest absolute Gasteiger partial charge is 0.225 e. The second kappa shape index (κ2) is 10.4. The zero-order valence-corrected chi connectivity index (χ0v) is 17.1. The summed E-state index contributed by atoms with van der Waals surface area (Å²) >= 11 is 6.28. The van der Waals surface area contributed by atoms with Crippen LogP contribution in [0, 0.1) is 5.92 Å². The fourth-order valence-electron chi connectivity index (χ4n) is 3.28. The number of piperidine rings is 1. The normalized spacial score (nSPS) is 16.7. The lowest BCUT2D eigenvalue weighted by Gasteiger charge is -2.32. The van der Waals surface area contributed by atoms with Crippen LogP contribution in [0.1, 0.15) is 45.1 Å². The Morgan fingerprint density at radius 1 is 1.33 bits per heavy atom. The van der Waals surface area contributed by atoms with Gasteiger partial charge in [0.25, 0.3) is 0 Å². The number of benzene rings is 1. The van der Waals surface area contributed by atoms with Gasteiger partial charge in [-0.15, -0.1) is 0 Å². The Balaban J connectivity index is 1.96. The molecule has 1 atom stereocenters. The van der Waals surface area contributed by atoms with Gasteiger partial charge in [-0.1, -0.05) is 18.5 Å². The maximum atomic E-state index is 12.6. The molecule has 27 heavy (non-hydrogen) atoms. The summed E-state index contributed by atoms with van der Waals surface area (Å²) in [6.07, 6.45) is 3.02. The molecule has 1 aliphatic rings. The first-order valence-electron chi connectivity index (χ1n) is 9.54. The summed E-state index contributed by atoms with van der Waals surface area (Å²) in [5.41, 5.74) is 0.836. The van der Waals surface area contributed by atoms with Gasteiger partial charge in [-0.05, 0) is 43.9 Å². The highest BCUT2D eigenvalue weighted by atomic mass is 35.5. The van der Waals surface area contributed by atoms with Gasteiger partial charge in [0.2, 0.25) is 11.8 Å². The molecule has 0 spiro atoms. The largest absolute Gasteiger partial charge is 0.493 e. The third-order valence-corrected chi connectivity index (χ3v) is 4.93. The first-order valence-corrected chi connectivity index (χ1v) is 9.92. The average Bonchev–Trinajstić information content (AvgIpc) is 2.68. The van der Waals surface area contributed by atoms with E-state index < -0.39 is 0 Å². The number of carbonyl (C=O) groups is 2. The Morgan fingerprint density at radius 3 is 2.78 bits per heavy atom. The number of hydrogen-bond acceptors (Lipinski definition) is 4. The van der Waals surface area contributed by atoms with Gasteiger partial charge < -0.3 is 19.7 Å². The van der Waals surface area contributed by atoms with Crippen LogP contribution in [0.5, 0.6) is 11.5 Å². The molecule has 150 valence electrons. The van der Waals surface area contributed by atoms with Crippen LogP contribution >= 0.6 is 11.6 Å². The first kappa shape index (κ1) is 21.4. The highest BCUT2D eigenvalue weighted by Crippen LogP contribution is 2.36. The summed E-state index contributed by atoms with van der Waals surface area (Å²) in [5.74, 6) is 0.988. The highest BCUT2D eigenvalue weighted by Gasteiger charge is 2.27. The molecule has 1 aliphatic heterocycles. The van der Waals surface area contributed by atoms with Gasteiger partial charge in [0.1, 0.15) is 0 Å². The summed E-state index contributed by atoms with van der Waals surface area (Å²) in [5, 5.41) is 3.41. The molecule has 1 aromatic carbocycles. The number of nitrogens with one attached hydrogen (secondary N) is 1. The van der Waals surface area contributed by atoms with Crippen LogP contribution in [0.2, 0.25) is 5.02 Å². The van der Waals surface area contributed by atoms with E-state index in [-0.39, 0.29) is 17.7 Å². The summed E-state index contributed by atoms with van der Waals surface area (Å²) in [6, 6.07) is 3.59. The van der Waals surface area contributed by atoms with Crippen molar-refractivity contribution >= 4 is 23.4 Å². The molecular formula is C20H29ClN2O4. The van der Waals surface area contributed by atoms with Crippen molar-refractivity contribution < 1.29 is 19.1 Å². The second-order valence-corrected chi connectivity index (χ2v) is 7.10. The average molecular weight is 397 g/mol. The Morgan fingerprint density at radius 2 is 2.11 bits per heavy atom. The second-order valence-electron chi connectivity index (χ2n) is 6.69. The van der Waals surface area contributed by atoms with E-state index in [0.717, 1.165) is 31.4 Å². The predicted octanol–water partition coefficient (Wildman–Crippen LogP) is 3.40. The van der Waals surface area contributed by atoms with E-state index in [9.17, 15) is 9.59 Å². The maximum absolute atomic E-state index is 12.6. The topological polar surface area (TPSA) is 67.9 Å². The van der Waals surface area contributed by atoms with E-state index in [1.165, 1.54) is 0 Å². The molecule has 1 saturated heterocycles. The first-order chi connectivity index (χ1) is 13.0. The van der Waals surface area contributed by atoms with Gasteiger partial charge in [0, 0.05) is 26.1 Å². The van der Waals surface area contributed by atoms with E-state index in [0.29, 0.717) is 42.6 Å². The molecule has 0 saturated carbocycles. The maximum Gasteiger partial charge on any atom is 0.225 e. The molecule has 1 heterocycles. The van der Waals surface area contributed by atoms with Gasteiger partial charge >= 0.3 is 0 Å². The molecule has 0 bridgehead atoms. The molecule has 1 aromatic rings. The fraction of sp³-hybridized carbons (Fsp3) is 0.600. The molecule has 2 amide bonds. The van der Waals surface area contributed by atoms with Gasteiger partial charge in [-0.3, -0.25) is 9.59 Å². The number of amides is 2. The van der Waals surface area contributed by atoms with Crippen LogP contribution in [0.15, 0.2) is 12.1 Å². The van der Waals surface area contributed by atoms with Gasteiger partial charge in [0.15, 0.2) is 11.5 Å². The number of rotatable bonds is 8. The van der Waals surface area contributed by atoms with E-state index in [1.807, 2.05) is 24.8 Å². The Kier molecular flexibility index (Phi) is 8.23. The molecule has 6 nitrogen and oxygen atoms in total. The Hall–Kier alpha value is -1.95. The van der Waals surface area contributed by atoms with Crippen molar-refractivity contribution in [2.24, 2.45) is 5.92 Å². The SMILES string of the molecule is CCCC(=O)N1CCCC(C(=O)NCc2cc(Cl)c(OCC)c(OC)c2)C1. The van der Waals surface area contributed by atoms with Crippen LogP contribution in [0.4, 0.5) is 0 Å². The lowest BCUT2D eigenvalue weighted by Crippen LogP contribution is -2.45. The van der Waals surface area contributed by atoms with E-state index in [1.54, 1.807) is 13.2 Å². The number of nitrogens with zero attached hydrogens (tertiary/aromatic N) is 1. The van der Waals surface area contributed by atoms with Crippen LogP contribution in [0.25, 0.3) is 0 Å². The molecular weight excluding hydrogens is 368 g/mol. The molecule has 1 unspecified atom stereocenters. The van der Waals surface area contributed by atoms with Crippen LogP contribution in [-0.4, -0.2) is 43.5 Å². The number of carbonyl (C=O) groups excluding carboxylic acids is 2. The number of likely N-dealkylation sites (tertiary alicyclic amines) is 1. The van der Waals surface area contributed by atoms with Crippen molar-refractivity contribution in [2.75, 3.05) is 26.8 Å². The lowest BCUT2D eigenvalue weighted by atomic mass is 9.96. The minimum atomic E-state index is -0.167. The summed E-state index contributed by atoms with van der Waals surface area (Å²) < 4.78 is 10.8. The standard InChI is InChI=1S/C20H29ClN2O4/c1-4-7-18(24)23-9-6-8-15(13-23)20(25)22-12-14-10-16(21)19(27-5-2)17(11-14)26-3/h10-11,15H,4-9,12-13H2,1-3H3,(H,22,25). The monoisotopic (exact) mass is 396 g/mol. The minimum absolute atomic E-state index is 0.0343. The lowest BCUT2D eigenvalue weighted by molar-refractivity contribution is -0.135. The fourth-order valence-corrected chi connectivity index (χ4v) is 3.57. The quantitative estimate of drug-likeness (QED) is 0.731. The predicted molar refractivity (Wildman–Crippen MR) is 105 cm³/mol. The van der Waals surface area contributed by atoms with Crippen LogP contribution < -0.4 is 14.8 Å². The van der Waals surface area contributed by atoms with Gasteiger partial charge in [0.05, 0.1) is 24.7 Å². The van der Waals surface area contributed by atoms with E-state index in [4.69, 9.17) is 21.1 Å². The third-order valence-electron chi connectivity index (χ3n) is 4.65. The van der Waals surface area contributed by atoms with Crippen LogP contribution in [-0.2, 0) is 16.1 Å². The van der Waals surface area contributed by atoms with E-state index in [2.05, 4.69) is 5.32 Å². The Labute approximate surface area is 166 Å². The van der Waals surface area contributed by atoms with Crippen molar-refractivity contribution in [1.29, 1.82) is 0 Å². The molecule has 0 aromatic heterocycles. The number of methoxy groups -OCH3 is 1. The number of halogens is 1. The highest BCUT2D eigenvalue weighted by molar-refractivity contribution is 6.32. The molecule has 7 heteroatoms. The summed E-state index contributed by atoms with van der Waals surface area (Å²) in [4.78, 5) is 26.5. The van der Waals surface area contributed by atoms with Crippen molar-refractivity contribution in [3.8, 4) is 11.5 Å². The Bertz CT molecular complexity index is 666. The minimum Gasteiger partial charge on any atom is -0.493 e. The van der Waals surface area contributed by atoms with Gasteiger partial charge in [-0.25, -0.2) is 0 Å². The third kappa shape index (κ3) is 5.76. The zero-order valence-electron chi connectivity index (χ0n) is 16.3. The summed E-state index contributed by atoms with van der Waals surface area (Å²) in [7, 11) is 1.56. The number of ether oxygens (including phenoxy) is 2. The zero-order chi connectivity index (χ0) is 19.8. The molecule has 1 fully saturated rings. The van der Waals surface area contributed by atoms with Crippen LogP contribution in [0.3, 0.4) is 0 Å². The molecule has 1 N–H and O–H groups in total. The molecule has 2 rings (SSSR count).